The highest BCUT2D eigenvalue weighted by Gasteiger charge is 2.29. The smallest absolute Gasteiger partial charge is 0.337 e. The van der Waals surface area contributed by atoms with Gasteiger partial charge in [-0.15, -0.1) is 0 Å². The molecule has 2 aromatic carbocycles. The topological polar surface area (TPSA) is 90.7 Å². The van der Waals surface area contributed by atoms with Crippen LogP contribution < -0.4 is 0 Å². The van der Waals surface area contributed by atoms with Gasteiger partial charge >= 0.3 is 5.97 Å². The first-order chi connectivity index (χ1) is 14.3. The summed E-state index contributed by atoms with van der Waals surface area (Å²) in [7, 11) is -2.45. The summed E-state index contributed by atoms with van der Waals surface area (Å²) in [6, 6.07) is 14.2. The minimum Gasteiger partial charge on any atom is -0.465 e. The van der Waals surface area contributed by atoms with Gasteiger partial charge in [0.1, 0.15) is 0 Å². The van der Waals surface area contributed by atoms with Gasteiger partial charge < -0.3 is 4.74 Å². The van der Waals surface area contributed by atoms with E-state index in [4.69, 9.17) is 10.00 Å². The van der Waals surface area contributed by atoms with Crippen molar-refractivity contribution >= 4 is 16.0 Å². The fourth-order valence-electron chi connectivity index (χ4n) is 3.55. The summed E-state index contributed by atoms with van der Waals surface area (Å²) in [5.41, 5.74) is 2.53. The maximum absolute atomic E-state index is 13.3. The van der Waals surface area contributed by atoms with Gasteiger partial charge in [-0.05, 0) is 55.3 Å². The molecule has 0 aromatic heterocycles. The largest absolute Gasteiger partial charge is 0.465 e. The Morgan fingerprint density at radius 3 is 2.50 bits per heavy atom. The van der Waals surface area contributed by atoms with Crippen LogP contribution in [0.4, 0.5) is 0 Å². The van der Waals surface area contributed by atoms with Crippen molar-refractivity contribution in [1.29, 1.82) is 5.26 Å². The first-order valence-corrected chi connectivity index (χ1v) is 11.2. The van der Waals surface area contributed by atoms with Crippen molar-refractivity contribution < 1.29 is 17.9 Å². The molecule has 0 radical (unpaired) electrons. The Hall–Kier alpha value is -2.73. The molecule has 2 aromatic rings. The van der Waals surface area contributed by atoms with Crippen LogP contribution in [0.5, 0.6) is 0 Å². The summed E-state index contributed by atoms with van der Waals surface area (Å²) in [6.07, 6.45) is 0.714. The number of carbonyl (C=O) groups excluding carboxylic acids is 1. The Kier molecular flexibility index (Phi) is 6.87. The molecule has 0 bridgehead atoms. The number of sulfonamides is 1. The van der Waals surface area contributed by atoms with Crippen LogP contribution in [0.15, 0.2) is 47.4 Å². The molecule has 1 aliphatic rings. The molecule has 0 unspecified atom stereocenters. The van der Waals surface area contributed by atoms with Crippen LogP contribution in [0, 0.1) is 18.3 Å². The van der Waals surface area contributed by atoms with Crippen molar-refractivity contribution in [3.05, 3.63) is 64.7 Å². The molecule has 158 valence electrons. The van der Waals surface area contributed by atoms with E-state index in [2.05, 4.69) is 11.0 Å². The third-order valence-electron chi connectivity index (χ3n) is 5.26. The summed E-state index contributed by atoms with van der Waals surface area (Å²) in [5, 5.41) is 8.92. The highest BCUT2D eigenvalue weighted by molar-refractivity contribution is 7.89. The van der Waals surface area contributed by atoms with Crippen LogP contribution >= 0.6 is 0 Å². The van der Waals surface area contributed by atoms with Crippen molar-refractivity contribution in [1.82, 2.24) is 9.21 Å². The third-order valence-corrected chi connectivity index (χ3v) is 7.30. The number of rotatable bonds is 5. The van der Waals surface area contributed by atoms with Crippen molar-refractivity contribution in [3.8, 4) is 6.07 Å². The Morgan fingerprint density at radius 2 is 1.83 bits per heavy atom. The summed E-state index contributed by atoms with van der Waals surface area (Å²) < 4.78 is 32.8. The monoisotopic (exact) mass is 427 g/mol. The summed E-state index contributed by atoms with van der Waals surface area (Å²) >= 11 is 0. The zero-order valence-corrected chi connectivity index (χ0v) is 18.0. The molecule has 0 spiro atoms. The second kappa shape index (κ2) is 9.39. The summed E-state index contributed by atoms with van der Waals surface area (Å²) in [6.45, 7) is 4.62. The predicted octanol–water partition coefficient (Wildman–Crippen LogP) is 2.55. The molecule has 0 amide bonds. The van der Waals surface area contributed by atoms with E-state index in [9.17, 15) is 13.2 Å². The van der Waals surface area contributed by atoms with Gasteiger partial charge in [-0.1, -0.05) is 18.2 Å². The van der Waals surface area contributed by atoms with E-state index in [0.29, 0.717) is 43.7 Å². The number of hydrogen-bond acceptors (Lipinski definition) is 6. The zero-order valence-electron chi connectivity index (χ0n) is 17.2. The van der Waals surface area contributed by atoms with Crippen LogP contribution in [0.1, 0.15) is 33.5 Å². The molecule has 7 nitrogen and oxygen atoms in total. The first kappa shape index (κ1) is 22.0. The van der Waals surface area contributed by atoms with Gasteiger partial charge in [-0.3, -0.25) is 4.90 Å². The van der Waals surface area contributed by atoms with Crippen LogP contribution in [0.25, 0.3) is 0 Å². The lowest BCUT2D eigenvalue weighted by atomic mass is 10.1. The van der Waals surface area contributed by atoms with E-state index >= 15 is 0 Å². The number of methoxy groups -OCH3 is 1. The Balaban J connectivity index is 1.74. The average molecular weight is 428 g/mol. The second-order valence-corrected chi connectivity index (χ2v) is 9.22. The molecule has 0 N–H and O–H groups in total. The van der Waals surface area contributed by atoms with Gasteiger partial charge in [0.2, 0.25) is 10.0 Å². The normalized spacial score (nSPS) is 15.9. The molecule has 30 heavy (non-hydrogen) atoms. The Bertz CT molecular complexity index is 1060. The van der Waals surface area contributed by atoms with Crippen molar-refractivity contribution in [2.45, 2.75) is 24.8 Å². The van der Waals surface area contributed by atoms with Crippen molar-refractivity contribution in [2.75, 3.05) is 33.3 Å². The lowest BCUT2D eigenvalue weighted by Gasteiger charge is -2.22. The van der Waals surface area contributed by atoms with Crippen molar-refractivity contribution in [3.63, 3.8) is 0 Å². The molecule has 0 saturated carbocycles. The lowest BCUT2D eigenvalue weighted by Crippen LogP contribution is -2.35. The predicted molar refractivity (Wildman–Crippen MR) is 112 cm³/mol. The van der Waals surface area contributed by atoms with E-state index in [1.807, 2.05) is 12.1 Å². The van der Waals surface area contributed by atoms with Crippen LogP contribution in [0.2, 0.25) is 0 Å². The third kappa shape index (κ3) is 4.87. The molecule has 1 fully saturated rings. The van der Waals surface area contributed by atoms with E-state index in [-0.39, 0.29) is 10.5 Å². The molecule has 1 saturated heterocycles. The van der Waals surface area contributed by atoms with Gasteiger partial charge in [0.15, 0.2) is 0 Å². The minimum absolute atomic E-state index is 0.144. The maximum Gasteiger partial charge on any atom is 0.337 e. The highest BCUT2D eigenvalue weighted by atomic mass is 32.2. The Labute approximate surface area is 177 Å². The standard InChI is InChI=1S/C22H25N3O4S/c1-17-4-9-20(22(26)29-2)14-21(17)30(27,28)25-11-3-10-24(12-13-25)16-19-7-5-18(15-23)6-8-19/h4-9,14H,3,10-13,16H2,1-2H3. The fourth-order valence-corrected chi connectivity index (χ4v) is 5.27. The molecule has 1 aliphatic heterocycles. The number of carbonyl (C=O) groups is 1. The number of nitriles is 1. The van der Waals surface area contributed by atoms with Gasteiger partial charge in [-0.25, -0.2) is 13.2 Å². The minimum atomic E-state index is -3.72. The molecule has 0 aliphatic carbocycles. The van der Waals surface area contributed by atoms with Gasteiger partial charge in [-0.2, -0.15) is 9.57 Å². The summed E-state index contributed by atoms with van der Waals surface area (Å²) in [4.78, 5) is 14.2. The molecule has 8 heteroatoms. The molecular formula is C22H25N3O4S. The van der Waals surface area contributed by atoms with E-state index in [1.165, 1.54) is 17.5 Å². The molecular weight excluding hydrogens is 402 g/mol. The number of benzene rings is 2. The lowest BCUT2D eigenvalue weighted by molar-refractivity contribution is 0.0600. The number of aryl methyl sites for hydroxylation is 1. The number of hydrogen-bond donors (Lipinski definition) is 0. The van der Waals surface area contributed by atoms with E-state index in [1.54, 1.807) is 31.2 Å². The van der Waals surface area contributed by atoms with E-state index < -0.39 is 16.0 Å². The van der Waals surface area contributed by atoms with Crippen LogP contribution in [-0.2, 0) is 21.3 Å². The van der Waals surface area contributed by atoms with Gasteiger partial charge in [0, 0.05) is 26.2 Å². The summed E-state index contributed by atoms with van der Waals surface area (Å²) in [5.74, 6) is -0.559. The van der Waals surface area contributed by atoms with Crippen LogP contribution in [0.3, 0.4) is 0 Å². The van der Waals surface area contributed by atoms with Crippen LogP contribution in [-0.4, -0.2) is 56.9 Å². The van der Waals surface area contributed by atoms with E-state index in [0.717, 1.165) is 12.1 Å². The maximum atomic E-state index is 13.3. The SMILES string of the molecule is COC(=O)c1ccc(C)c(S(=O)(=O)N2CCCN(Cc3ccc(C#N)cc3)CC2)c1. The van der Waals surface area contributed by atoms with Gasteiger partial charge in [0.05, 0.1) is 29.2 Å². The molecule has 3 rings (SSSR count). The quantitative estimate of drug-likeness (QED) is 0.681. The average Bonchev–Trinajstić information content (AvgIpc) is 3.00. The van der Waals surface area contributed by atoms with Crippen molar-refractivity contribution in [2.24, 2.45) is 0 Å². The number of nitrogens with zero attached hydrogens (tertiary/aromatic N) is 3. The second-order valence-electron chi connectivity index (χ2n) is 7.31. The molecule has 1 heterocycles. The number of esters is 1. The fraction of sp³-hybridized carbons (Fsp3) is 0.364. The number of ether oxygens (including phenoxy) is 1. The first-order valence-electron chi connectivity index (χ1n) is 9.75. The highest BCUT2D eigenvalue weighted by Crippen LogP contribution is 2.23. The molecule has 0 atom stereocenters. The van der Waals surface area contributed by atoms with Gasteiger partial charge in [0.25, 0.3) is 0 Å². The zero-order chi connectivity index (χ0) is 21.7. The Morgan fingerprint density at radius 1 is 1.10 bits per heavy atom.